The van der Waals surface area contributed by atoms with Gasteiger partial charge in [0, 0.05) is 23.7 Å². The second-order valence-electron chi connectivity index (χ2n) is 8.41. The van der Waals surface area contributed by atoms with E-state index in [0.717, 1.165) is 27.8 Å². The number of carbonyl (C=O) groups is 1. The summed E-state index contributed by atoms with van der Waals surface area (Å²) in [4.78, 5) is 18.3. The monoisotopic (exact) mass is 442 g/mol. The van der Waals surface area contributed by atoms with Crippen LogP contribution in [-0.2, 0) is 6.54 Å². The second-order valence-corrected chi connectivity index (χ2v) is 8.41. The molecule has 0 aliphatic carbocycles. The van der Waals surface area contributed by atoms with Crippen LogP contribution in [0.3, 0.4) is 0 Å². The van der Waals surface area contributed by atoms with Crippen LogP contribution in [0.25, 0.3) is 22.3 Å². The number of benzene rings is 2. The Kier molecular flexibility index (Phi) is 5.46. The zero-order chi connectivity index (χ0) is 22.9. The molecule has 168 valence electrons. The molecular weight excluding hydrogens is 416 g/mol. The number of nitrogens with one attached hydrogen (secondary N) is 1. The normalized spacial score (nSPS) is 12.8. The van der Waals surface area contributed by atoms with Crippen molar-refractivity contribution in [1.29, 1.82) is 0 Å². The maximum atomic E-state index is 13.4. The van der Waals surface area contributed by atoms with Gasteiger partial charge < -0.3 is 14.8 Å². The van der Waals surface area contributed by atoms with E-state index in [1.807, 2.05) is 60.1 Å². The first-order valence-electron chi connectivity index (χ1n) is 11.1. The van der Waals surface area contributed by atoms with Crippen LogP contribution in [0, 0.1) is 6.92 Å². The SMILES string of the molecule is Cc1ccccc1-c1cc(C(=O)NCc2cccc3c2OCCO3)c2cnn(C(C)C)c2n1. The molecule has 0 spiro atoms. The number of nitrogens with zero attached hydrogens (tertiary/aromatic N) is 3. The van der Waals surface area contributed by atoms with Crippen molar-refractivity contribution >= 4 is 16.9 Å². The highest BCUT2D eigenvalue weighted by Gasteiger charge is 2.20. The third kappa shape index (κ3) is 3.91. The van der Waals surface area contributed by atoms with Crippen LogP contribution in [0.2, 0.25) is 0 Å². The molecule has 5 rings (SSSR count). The average molecular weight is 443 g/mol. The fourth-order valence-electron chi connectivity index (χ4n) is 4.13. The highest BCUT2D eigenvalue weighted by atomic mass is 16.6. The predicted octanol–water partition coefficient (Wildman–Crippen LogP) is 4.69. The minimum absolute atomic E-state index is 0.117. The molecule has 0 unspecified atom stereocenters. The Morgan fingerprint density at radius 2 is 1.94 bits per heavy atom. The van der Waals surface area contributed by atoms with Gasteiger partial charge in [0.1, 0.15) is 13.2 Å². The molecule has 1 N–H and O–H groups in total. The molecule has 0 atom stereocenters. The van der Waals surface area contributed by atoms with E-state index in [4.69, 9.17) is 14.5 Å². The second kappa shape index (κ2) is 8.58. The molecule has 0 fully saturated rings. The van der Waals surface area contributed by atoms with Crippen LogP contribution in [0.15, 0.2) is 54.7 Å². The average Bonchev–Trinajstić information content (AvgIpc) is 3.26. The van der Waals surface area contributed by atoms with Gasteiger partial charge in [-0.2, -0.15) is 5.10 Å². The van der Waals surface area contributed by atoms with Crippen molar-refractivity contribution in [3.05, 3.63) is 71.4 Å². The number of carbonyl (C=O) groups excluding carboxylic acids is 1. The van der Waals surface area contributed by atoms with Gasteiger partial charge in [0.2, 0.25) is 0 Å². The van der Waals surface area contributed by atoms with E-state index in [-0.39, 0.29) is 11.9 Å². The van der Waals surface area contributed by atoms with E-state index in [0.29, 0.717) is 42.5 Å². The topological polar surface area (TPSA) is 78.3 Å². The van der Waals surface area contributed by atoms with Crippen LogP contribution in [0.1, 0.15) is 41.4 Å². The summed E-state index contributed by atoms with van der Waals surface area (Å²) < 4.78 is 13.3. The molecule has 0 bridgehead atoms. The van der Waals surface area contributed by atoms with E-state index < -0.39 is 0 Å². The Bertz CT molecular complexity index is 1340. The number of amides is 1. The van der Waals surface area contributed by atoms with Gasteiger partial charge in [-0.3, -0.25) is 4.79 Å². The van der Waals surface area contributed by atoms with Gasteiger partial charge in [0.25, 0.3) is 5.91 Å². The molecule has 3 heterocycles. The van der Waals surface area contributed by atoms with Crippen molar-refractivity contribution in [2.45, 2.75) is 33.4 Å². The first-order chi connectivity index (χ1) is 16.0. The van der Waals surface area contributed by atoms with Gasteiger partial charge in [-0.15, -0.1) is 0 Å². The maximum Gasteiger partial charge on any atom is 0.252 e. The third-order valence-corrected chi connectivity index (χ3v) is 5.81. The quantitative estimate of drug-likeness (QED) is 0.485. The minimum atomic E-state index is -0.185. The van der Waals surface area contributed by atoms with Gasteiger partial charge in [-0.05, 0) is 38.5 Å². The number of aryl methyl sites for hydroxylation is 1. The van der Waals surface area contributed by atoms with E-state index >= 15 is 0 Å². The largest absolute Gasteiger partial charge is 0.486 e. The van der Waals surface area contributed by atoms with Crippen LogP contribution in [-0.4, -0.2) is 33.9 Å². The number of fused-ring (bicyclic) bond motifs is 2. The molecule has 4 aromatic rings. The Hall–Kier alpha value is -3.87. The summed E-state index contributed by atoms with van der Waals surface area (Å²) >= 11 is 0. The van der Waals surface area contributed by atoms with Crippen LogP contribution >= 0.6 is 0 Å². The first kappa shape index (κ1) is 21.0. The molecule has 0 saturated heterocycles. The van der Waals surface area contributed by atoms with Crippen molar-refractivity contribution in [1.82, 2.24) is 20.1 Å². The zero-order valence-corrected chi connectivity index (χ0v) is 19.0. The summed E-state index contributed by atoms with van der Waals surface area (Å²) in [6, 6.07) is 15.7. The minimum Gasteiger partial charge on any atom is -0.486 e. The fourth-order valence-corrected chi connectivity index (χ4v) is 4.13. The van der Waals surface area contributed by atoms with Crippen molar-refractivity contribution in [3.8, 4) is 22.8 Å². The number of para-hydroxylation sites is 1. The Balaban J connectivity index is 1.53. The lowest BCUT2D eigenvalue weighted by molar-refractivity contribution is 0.0951. The van der Waals surface area contributed by atoms with Crippen molar-refractivity contribution in [2.75, 3.05) is 13.2 Å². The molecule has 0 saturated carbocycles. The first-order valence-corrected chi connectivity index (χ1v) is 11.1. The van der Waals surface area contributed by atoms with E-state index in [1.54, 1.807) is 6.20 Å². The lowest BCUT2D eigenvalue weighted by Crippen LogP contribution is -2.24. The molecule has 0 radical (unpaired) electrons. The van der Waals surface area contributed by atoms with Gasteiger partial charge in [0.15, 0.2) is 17.1 Å². The lowest BCUT2D eigenvalue weighted by Gasteiger charge is -2.21. The summed E-state index contributed by atoms with van der Waals surface area (Å²) in [5.41, 5.74) is 4.97. The van der Waals surface area contributed by atoms with Gasteiger partial charge in [-0.1, -0.05) is 36.4 Å². The van der Waals surface area contributed by atoms with E-state index in [9.17, 15) is 4.79 Å². The zero-order valence-electron chi connectivity index (χ0n) is 19.0. The van der Waals surface area contributed by atoms with Crippen molar-refractivity contribution in [2.24, 2.45) is 0 Å². The Labute approximate surface area is 192 Å². The Morgan fingerprint density at radius 1 is 1.12 bits per heavy atom. The number of aromatic nitrogens is 3. The molecule has 7 heteroatoms. The molecule has 1 aliphatic rings. The predicted molar refractivity (Wildman–Crippen MR) is 127 cm³/mol. The van der Waals surface area contributed by atoms with Crippen LogP contribution in [0.5, 0.6) is 11.5 Å². The highest BCUT2D eigenvalue weighted by molar-refractivity contribution is 6.06. The molecule has 1 amide bonds. The summed E-state index contributed by atoms with van der Waals surface area (Å²) in [7, 11) is 0. The maximum absolute atomic E-state index is 13.4. The molecule has 33 heavy (non-hydrogen) atoms. The molecule has 1 aliphatic heterocycles. The van der Waals surface area contributed by atoms with Gasteiger partial charge in [0.05, 0.1) is 22.8 Å². The Morgan fingerprint density at radius 3 is 2.76 bits per heavy atom. The summed E-state index contributed by atoms with van der Waals surface area (Å²) in [6.45, 7) is 7.49. The van der Waals surface area contributed by atoms with Gasteiger partial charge in [-0.25, -0.2) is 9.67 Å². The van der Waals surface area contributed by atoms with Crippen molar-refractivity contribution in [3.63, 3.8) is 0 Å². The summed E-state index contributed by atoms with van der Waals surface area (Å²) in [5, 5.41) is 8.29. The summed E-state index contributed by atoms with van der Waals surface area (Å²) in [5.74, 6) is 1.21. The molecular formula is C26H26N4O3. The molecule has 7 nitrogen and oxygen atoms in total. The number of rotatable bonds is 5. The van der Waals surface area contributed by atoms with Gasteiger partial charge >= 0.3 is 0 Å². The van der Waals surface area contributed by atoms with Crippen LogP contribution < -0.4 is 14.8 Å². The van der Waals surface area contributed by atoms with E-state index in [1.165, 1.54) is 0 Å². The summed E-state index contributed by atoms with van der Waals surface area (Å²) in [6.07, 6.45) is 1.72. The molecule has 2 aromatic heterocycles. The third-order valence-electron chi connectivity index (χ3n) is 5.81. The lowest BCUT2D eigenvalue weighted by atomic mass is 10.0. The standard InChI is InChI=1S/C26H26N4O3/c1-16(2)30-25-21(15-28-30)20(13-22(29-25)19-9-5-4-7-17(19)3)26(31)27-14-18-8-6-10-23-24(18)33-12-11-32-23/h4-10,13,15-16H,11-12,14H2,1-3H3,(H,27,31). The smallest absolute Gasteiger partial charge is 0.252 e. The highest BCUT2D eigenvalue weighted by Crippen LogP contribution is 2.34. The van der Waals surface area contributed by atoms with Crippen molar-refractivity contribution < 1.29 is 14.3 Å². The number of pyridine rings is 1. The number of hydrogen-bond donors (Lipinski definition) is 1. The number of hydrogen-bond acceptors (Lipinski definition) is 5. The fraction of sp³-hybridized carbons (Fsp3) is 0.269. The molecule has 2 aromatic carbocycles. The van der Waals surface area contributed by atoms with Crippen LogP contribution in [0.4, 0.5) is 0 Å². The van der Waals surface area contributed by atoms with E-state index in [2.05, 4.69) is 24.3 Å². The number of ether oxygens (including phenoxy) is 2.